The van der Waals surface area contributed by atoms with Crippen LogP contribution in [0, 0.1) is 0 Å². The molecule has 106 valence electrons. The molecule has 1 aliphatic heterocycles. The molecule has 0 aliphatic carbocycles. The number of cyclic esters (lactones) is 2. The van der Waals surface area contributed by atoms with Crippen molar-refractivity contribution in [2.45, 2.75) is 19.4 Å². The lowest BCUT2D eigenvalue weighted by atomic mass is 10.4. The summed E-state index contributed by atoms with van der Waals surface area (Å²) in [5.74, 6) is -2.37. The van der Waals surface area contributed by atoms with Gasteiger partial charge in [0.15, 0.2) is 0 Å². The van der Waals surface area contributed by atoms with Gasteiger partial charge in [0.1, 0.15) is 12.7 Å². The Morgan fingerprint density at radius 2 is 1.61 bits per heavy atom. The van der Waals surface area contributed by atoms with Crippen molar-refractivity contribution in [2.75, 3.05) is 19.8 Å². The molecule has 1 unspecified atom stereocenters. The van der Waals surface area contributed by atoms with E-state index in [-0.39, 0.29) is 0 Å². The van der Waals surface area contributed by atoms with Crippen LogP contribution in [0.15, 0.2) is 0 Å². The van der Waals surface area contributed by atoms with E-state index in [1.54, 1.807) is 0 Å². The number of carboxylic acids is 2. The topological polar surface area (TPSA) is 151 Å². The van der Waals surface area contributed by atoms with Crippen LogP contribution in [0.3, 0.4) is 0 Å². The second-order valence-electron chi connectivity index (χ2n) is 2.87. The summed E-state index contributed by atoms with van der Waals surface area (Å²) in [7, 11) is 0. The lowest BCUT2D eigenvalue weighted by molar-refractivity contribution is -0.145. The van der Waals surface area contributed by atoms with E-state index in [9.17, 15) is 9.59 Å². The van der Waals surface area contributed by atoms with Crippen LogP contribution in [0.1, 0.15) is 13.3 Å². The molecular weight excluding hydrogens is 252 g/mol. The Morgan fingerprint density at radius 3 is 1.72 bits per heavy atom. The van der Waals surface area contributed by atoms with Gasteiger partial charge in [0.25, 0.3) is 0 Å². The molecule has 1 fully saturated rings. The van der Waals surface area contributed by atoms with Crippen LogP contribution in [0.2, 0.25) is 0 Å². The molecule has 0 aromatic heterocycles. The molecule has 0 radical (unpaired) electrons. The largest absolute Gasteiger partial charge is 0.508 e. The van der Waals surface area contributed by atoms with Crippen molar-refractivity contribution in [3.05, 3.63) is 0 Å². The van der Waals surface area contributed by atoms with E-state index in [0.717, 1.165) is 6.42 Å². The molecule has 0 saturated carbocycles. The SMILES string of the molecule is CC(O)C(=O)O.O=C(O)CO.O=C1OCCCO1. The summed E-state index contributed by atoms with van der Waals surface area (Å²) in [4.78, 5) is 28.6. The summed E-state index contributed by atoms with van der Waals surface area (Å²) in [6, 6.07) is 0. The Kier molecular flexibility index (Phi) is 11.9. The molecule has 0 aromatic rings. The smallest absolute Gasteiger partial charge is 0.480 e. The maximum atomic E-state index is 10.0. The molecular formula is C9H16O9. The molecule has 1 heterocycles. The molecule has 4 N–H and O–H groups in total. The molecule has 1 saturated heterocycles. The third-order valence-electron chi connectivity index (χ3n) is 1.22. The highest BCUT2D eigenvalue weighted by molar-refractivity contribution is 5.71. The van der Waals surface area contributed by atoms with Gasteiger partial charge in [-0.25, -0.2) is 14.4 Å². The molecule has 1 rings (SSSR count). The van der Waals surface area contributed by atoms with E-state index in [1.165, 1.54) is 6.92 Å². The first-order chi connectivity index (χ1) is 8.31. The van der Waals surface area contributed by atoms with Crippen LogP contribution < -0.4 is 0 Å². The maximum absolute atomic E-state index is 10.0. The van der Waals surface area contributed by atoms with Crippen LogP contribution in [0.25, 0.3) is 0 Å². The van der Waals surface area contributed by atoms with Gasteiger partial charge in [-0.1, -0.05) is 0 Å². The van der Waals surface area contributed by atoms with E-state index >= 15 is 0 Å². The maximum Gasteiger partial charge on any atom is 0.508 e. The van der Waals surface area contributed by atoms with Gasteiger partial charge in [-0.2, -0.15) is 0 Å². The highest BCUT2D eigenvalue weighted by Gasteiger charge is 2.07. The Labute approximate surface area is 103 Å². The van der Waals surface area contributed by atoms with Crippen molar-refractivity contribution >= 4 is 18.1 Å². The average molecular weight is 268 g/mol. The number of hydrogen-bond acceptors (Lipinski definition) is 7. The Balaban J connectivity index is 0. The zero-order valence-electron chi connectivity index (χ0n) is 9.74. The third kappa shape index (κ3) is 16.6. The minimum absolute atomic E-state index is 0.513. The minimum Gasteiger partial charge on any atom is -0.480 e. The van der Waals surface area contributed by atoms with Crippen LogP contribution in [-0.2, 0) is 19.1 Å². The van der Waals surface area contributed by atoms with Gasteiger partial charge in [-0.05, 0) is 6.92 Å². The summed E-state index contributed by atoms with van der Waals surface area (Å²) in [6.45, 7) is 1.44. The first kappa shape index (κ1) is 18.5. The fourth-order valence-electron chi connectivity index (χ4n) is 0.412. The van der Waals surface area contributed by atoms with E-state index in [4.69, 9.17) is 25.2 Å². The number of aliphatic carboxylic acids is 2. The van der Waals surface area contributed by atoms with Gasteiger partial charge in [0.2, 0.25) is 0 Å². The number of carbonyl (C=O) groups is 3. The fraction of sp³-hybridized carbons (Fsp3) is 0.667. The Bertz CT molecular complexity index is 253. The molecule has 0 bridgehead atoms. The molecule has 9 heteroatoms. The number of carbonyl (C=O) groups excluding carboxylic acids is 1. The minimum atomic E-state index is -1.23. The summed E-state index contributed by atoms with van der Waals surface area (Å²) in [5, 5.41) is 30.8. The van der Waals surface area contributed by atoms with Crippen molar-refractivity contribution in [3.63, 3.8) is 0 Å². The predicted molar refractivity (Wildman–Crippen MR) is 56.0 cm³/mol. The molecule has 18 heavy (non-hydrogen) atoms. The van der Waals surface area contributed by atoms with Crippen LogP contribution in [0.5, 0.6) is 0 Å². The number of rotatable bonds is 2. The number of carboxylic acid groups (broad SMARTS) is 2. The zero-order chi connectivity index (χ0) is 14.6. The Hall–Kier alpha value is -1.87. The van der Waals surface area contributed by atoms with Crippen molar-refractivity contribution in [2.24, 2.45) is 0 Å². The number of hydrogen-bond donors (Lipinski definition) is 4. The zero-order valence-corrected chi connectivity index (χ0v) is 9.74. The molecule has 1 atom stereocenters. The third-order valence-corrected chi connectivity index (χ3v) is 1.22. The lowest BCUT2D eigenvalue weighted by Crippen LogP contribution is -2.16. The standard InChI is InChI=1S/C4H6O3.C3H6O3.C2H4O3/c5-4-6-2-1-3-7-4;1-2(4)3(5)6;3-1-2(4)5/h1-3H2;2,4H,1H3,(H,5,6);3H,1H2,(H,4,5). The molecule has 0 aromatic carbocycles. The first-order valence-corrected chi connectivity index (χ1v) is 4.84. The molecule has 0 spiro atoms. The predicted octanol–water partition coefficient (Wildman–Crippen LogP) is -0.942. The summed E-state index contributed by atoms with van der Waals surface area (Å²) in [6.07, 6.45) is -0.942. The van der Waals surface area contributed by atoms with Crippen LogP contribution in [-0.4, -0.2) is 64.4 Å². The van der Waals surface area contributed by atoms with Crippen LogP contribution in [0.4, 0.5) is 4.79 Å². The van der Waals surface area contributed by atoms with Gasteiger partial charge >= 0.3 is 18.1 Å². The van der Waals surface area contributed by atoms with Crippen molar-refractivity contribution in [1.29, 1.82) is 0 Å². The number of aliphatic hydroxyl groups is 2. The number of aliphatic hydroxyl groups excluding tert-OH is 2. The summed E-state index contributed by atoms with van der Waals surface area (Å²) in [5.41, 5.74) is 0. The second kappa shape index (κ2) is 11.6. The normalized spacial score (nSPS) is 14.5. The van der Waals surface area contributed by atoms with Crippen molar-refractivity contribution in [1.82, 2.24) is 0 Å². The van der Waals surface area contributed by atoms with E-state index in [0.29, 0.717) is 13.2 Å². The number of ether oxygens (including phenoxy) is 2. The highest BCUT2D eigenvalue weighted by Crippen LogP contribution is 1.95. The lowest BCUT2D eigenvalue weighted by Gasteiger charge is -2.09. The monoisotopic (exact) mass is 268 g/mol. The summed E-state index contributed by atoms with van der Waals surface area (Å²) >= 11 is 0. The molecule has 9 nitrogen and oxygen atoms in total. The molecule has 0 amide bonds. The highest BCUT2D eigenvalue weighted by atomic mass is 16.7. The van der Waals surface area contributed by atoms with E-state index in [1.807, 2.05) is 0 Å². The van der Waals surface area contributed by atoms with E-state index < -0.39 is 30.8 Å². The fourth-order valence-corrected chi connectivity index (χ4v) is 0.412. The van der Waals surface area contributed by atoms with Gasteiger partial charge in [0, 0.05) is 6.42 Å². The Morgan fingerprint density at radius 1 is 1.28 bits per heavy atom. The first-order valence-electron chi connectivity index (χ1n) is 4.84. The molecule has 1 aliphatic rings. The van der Waals surface area contributed by atoms with Crippen molar-refractivity contribution in [3.8, 4) is 0 Å². The van der Waals surface area contributed by atoms with Gasteiger partial charge in [-0.3, -0.25) is 0 Å². The van der Waals surface area contributed by atoms with Gasteiger partial charge in [0.05, 0.1) is 13.2 Å². The van der Waals surface area contributed by atoms with Gasteiger partial charge in [-0.15, -0.1) is 0 Å². The second-order valence-corrected chi connectivity index (χ2v) is 2.87. The van der Waals surface area contributed by atoms with Gasteiger partial charge < -0.3 is 29.9 Å². The summed E-state index contributed by atoms with van der Waals surface area (Å²) < 4.78 is 8.83. The van der Waals surface area contributed by atoms with Crippen LogP contribution >= 0.6 is 0 Å². The average Bonchev–Trinajstić information content (AvgIpc) is 2.31. The quantitative estimate of drug-likeness (QED) is 0.465. The van der Waals surface area contributed by atoms with Crippen molar-refractivity contribution < 1.29 is 44.3 Å². The van der Waals surface area contributed by atoms with E-state index in [2.05, 4.69) is 9.47 Å².